The first kappa shape index (κ1) is 13.9. The van der Waals surface area contributed by atoms with Gasteiger partial charge in [0.15, 0.2) is 0 Å². The molecule has 2 N–H and O–H groups in total. The summed E-state index contributed by atoms with van der Waals surface area (Å²) in [5, 5.41) is 0. The number of rotatable bonds is 6. The van der Waals surface area contributed by atoms with Crippen LogP contribution in [0.4, 0.5) is 0 Å². The maximum atomic E-state index is 5.71. The lowest BCUT2D eigenvalue weighted by Crippen LogP contribution is -2.53. The first-order chi connectivity index (χ1) is 7.71. The predicted octanol–water partition coefficient (Wildman–Crippen LogP) is 0.376. The molecule has 0 aromatic heterocycles. The number of likely N-dealkylation sites (N-methyl/N-ethyl adjacent to an activating group) is 1. The van der Waals surface area contributed by atoms with E-state index in [1.165, 1.54) is 6.42 Å². The molecule has 0 spiro atoms. The summed E-state index contributed by atoms with van der Waals surface area (Å²) in [7, 11) is 2.22. The number of ether oxygens (including phenoxy) is 1. The van der Waals surface area contributed by atoms with Crippen molar-refractivity contribution in [2.75, 3.05) is 46.4 Å². The Hall–Kier alpha value is -0.160. The summed E-state index contributed by atoms with van der Waals surface area (Å²) in [6, 6.07) is 0.689. The second kappa shape index (κ2) is 7.22. The lowest BCUT2D eigenvalue weighted by molar-refractivity contribution is 0.0141. The van der Waals surface area contributed by atoms with Crippen molar-refractivity contribution in [2.24, 2.45) is 5.73 Å². The average Bonchev–Trinajstić information content (AvgIpc) is 2.30. The molecule has 0 radical (unpaired) electrons. The molecule has 4 heteroatoms. The molecule has 16 heavy (non-hydrogen) atoms. The normalized spacial score (nSPS) is 25.9. The molecular weight excluding hydrogens is 202 g/mol. The Balaban J connectivity index is 2.36. The van der Waals surface area contributed by atoms with E-state index in [9.17, 15) is 0 Å². The van der Waals surface area contributed by atoms with Crippen LogP contribution >= 0.6 is 0 Å². The van der Waals surface area contributed by atoms with E-state index in [4.69, 9.17) is 10.5 Å². The second-order valence-electron chi connectivity index (χ2n) is 4.62. The highest BCUT2D eigenvalue weighted by Crippen LogP contribution is 2.11. The standard InChI is InChI=1S/C12H27N3O/c1-4-11-9-15(7-6-14(11)3)10-12(8-13)16-5-2/h11-12H,4-10,13H2,1-3H3. The van der Waals surface area contributed by atoms with Crippen LogP contribution in [-0.4, -0.2) is 68.3 Å². The Bertz CT molecular complexity index is 189. The van der Waals surface area contributed by atoms with Gasteiger partial charge >= 0.3 is 0 Å². The maximum Gasteiger partial charge on any atom is 0.0823 e. The monoisotopic (exact) mass is 229 g/mol. The number of hydrogen-bond donors (Lipinski definition) is 1. The van der Waals surface area contributed by atoms with Crippen LogP contribution in [0.5, 0.6) is 0 Å². The molecule has 0 aromatic carbocycles. The smallest absolute Gasteiger partial charge is 0.0823 e. The molecule has 0 aliphatic carbocycles. The highest BCUT2D eigenvalue weighted by Gasteiger charge is 2.24. The van der Waals surface area contributed by atoms with Gasteiger partial charge in [0.2, 0.25) is 0 Å². The highest BCUT2D eigenvalue weighted by atomic mass is 16.5. The topological polar surface area (TPSA) is 41.7 Å². The van der Waals surface area contributed by atoms with E-state index in [2.05, 4.69) is 23.8 Å². The summed E-state index contributed by atoms with van der Waals surface area (Å²) in [5.74, 6) is 0. The van der Waals surface area contributed by atoms with Crippen molar-refractivity contribution in [3.05, 3.63) is 0 Å². The third-order valence-corrected chi connectivity index (χ3v) is 3.46. The Labute approximate surface area is 99.7 Å². The predicted molar refractivity (Wildman–Crippen MR) is 67.6 cm³/mol. The van der Waals surface area contributed by atoms with Crippen LogP contribution < -0.4 is 5.73 Å². The first-order valence-corrected chi connectivity index (χ1v) is 6.45. The van der Waals surface area contributed by atoms with Crippen molar-refractivity contribution in [3.63, 3.8) is 0 Å². The zero-order chi connectivity index (χ0) is 12.0. The van der Waals surface area contributed by atoms with E-state index in [-0.39, 0.29) is 6.10 Å². The summed E-state index contributed by atoms with van der Waals surface area (Å²) in [5.41, 5.74) is 5.71. The quantitative estimate of drug-likeness (QED) is 0.715. The Kier molecular flexibility index (Phi) is 6.28. The van der Waals surface area contributed by atoms with E-state index < -0.39 is 0 Å². The molecule has 0 saturated carbocycles. The maximum absolute atomic E-state index is 5.71. The minimum atomic E-state index is 0.200. The molecule has 4 nitrogen and oxygen atoms in total. The van der Waals surface area contributed by atoms with E-state index in [1.54, 1.807) is 0 Å². The molecule has 0 aromatic rings. The molecule has 1 saturated heterocycles. The third-order valence-electron chi connectivity index (χ3n) is 3.46. The van der Waals surface area contributed by atoms with Crippen molar-refractivity contribution >= 4 is 0 Å². The summed E-state index contributed by atoms with van der Waals surface area (Å²) in [4.78, 5) is 4.94. The Morgan fingerprint density at radius 2 is 2.12 bits per heavy atom. The van der Waals surface area contributed by atoms with Crippen molar-refractivity contribution in [2.45, 2.75) is 32.4 Å². The van der Waals surface area contributed by atoms with Gasteiger partial charge in [-0.2, -0.15) is 0 Å². The molecule has 1 heterocycles. The average molecular weight is 229 g/mol. The SMILES string of the molecule is CCOC(CN)CN1CCN(C)C(CC)C1. The van der Waals surface area contributed by atoms with Gasteiger partial charge in [-0.15, -0.1) is 0 Å². The van der Waals surface area contributed by atoms with Crippen molar-refractivity contribution in [3.8, 4) is 0 Å². The van der Waals surface area contributed by atoms with Crippen LogP contribution in [0, 0.1) is 0 Å². The van der Waals surface area contributed by atoms with Crippen molar-refractivity contribution in [1.29, 1.82) is 0 Å². The van der Waals surface area contributed by atoms with Crippen LogP contribution in [0.25, 0.3) is 0 Å². The second-order valence-corrected chi connectivity index (χ2v) is 4.62. The molecule has 96 valence electrons. The van der Waals surface area contributed by atoms with Gasteiger partial charge in [-0.05, 0) is 20.4 Å². The van der Waals surface area contributed by atoms with Gasteiger partial charge in [0.25, 0.3) is 0 Å². The van der Waals surface area contributed by atoms with Crippen LogP contribution in [0.2, 0.25) is 0 Å². The number of nitrogens with two attached hydrogens (primary N) is 1. The summed E-state index contributed by atoms with van der Waals surface area (Å²) < 4.78 is 5.61. The molecule has 1 fully saturated rings. The van der Waals surface area contributed by atoms with Crippen LogP contribution in [-0.2, 0) is 4.74 Å². The van der Waals surface area contributed by atoms with E-state index in [1.807, 2.05) is 6.92 Å². The van der Waals surface area contributed by atoms with Gasteiger partial charge in [-0.25, -0.2) is 0 Å². The summed E-state index contributed by atoms with van der Waals surface area (Å²) in [6.45, 7) is 10.1. The van der Waals surface area contributed by atoms with Gasteiger partial charge in [0.1, 0.15) is 0 Å². The summed E-state index contributed by atoms with van der Waals surface area (Å²) >= 11 is 0. The molecule has 0 bridgehead atoms. The number of hydrogen-bond acceptors (Lipinski definition) is 4. The molecule has 0 amide bonds. The first-order valence-electron chi connectivity index (χ1n) is 6.45. The Morgan fingerprint density at radius 3 is 2.69 bits per heavy atom. The largest absolute Gasteiger partial charge is 0.376 e. The van der Waals surface area contributed by atoms with Gasteiger partial charge in [-0.1, -0.05) is 6.92 Å². The molecule has 2 atom stereocenters. The zero-order valence-electron chi connectivity index (χ0n) is 11.0. The van der Waals surface area contributed by atoms with Gasteiger partial charge in [0, 0.05) is 45.4 Å². The van der Waals surface area contributed by atoms with Gasteiger partial charge < -0.3 is 15.4 Å². The zero-order valence-corrected chi connectivity index (χ0v) is 11.0. The molecular formula is C12H27N3O. The number of nitrogens with zero attached hydrogens (tertiary/aromatic N) is 2. The number of piperazine rings is 1. The highest BCUT2D eigenvalue weighted by molar-refractivity contribution is 4.80. The van der Waals surface area contributed by atoms with Gasteiger partial charge in [-0.3, -0.25) is 4.90 Å². The minimum Gasteiger partial charge on any atom is -0.376 e. The van der Waals surface area contributed by atoms with Crippen molar-refractivity contribution < 1.29 is 4.74 Å². The fraction of sp³-hybridized carbons (Fsp3) is 1.00. The molecule has 1 aliphatic rings. The molecule has 1 rings (SSSR count). The molecule has 2 unspecified atom stereocenters. The van der Waals surface area contributed by atoms with Crippen LogP contribution in [0.1, 0.15) is 20.3 Å². The minimum absolute atomic E-state index is 0.200. The molecule has 1 aliphatic heterocycles. The van der Waals surface area contributed by atoms with E-state index in [0.717, 1.165) is 32.8 Å². The van der Waals surface area contributed by atoms with Crippen LogP contribution in [0.3, 0.4) is 0 Å². The van der Waals surface area contributed by atoms with Crippen LogP contribution in [0.15, 0.2) is 0 Å². The lowest BCUT2D eigenvalue weighted by atomic mass is 10.1. The van der Waals surface area contributed by atoms with Gasteiger partial charge in [0.05, 0.1) is 6.10 Å². The fourth-order valence-corrected chi connectivity index (χ4v) is 2.34. The third kappa shape index (κ3) is 4.01. The van der Waals surface area contributed by atoms with Crippen molar-refractivity contribution in [1.82, 2.24) is 9.80 Å². The Morgan fingerprint density at radius 1 is 1.38 bits per heavy atom. The van der Waals surface area contributed by atoms with E-state index >= 15 is 0 Å². The summed E-state index contributed by atoms with van der Waals surface area (Å²) in [6.07, 6.45) is 1.42. The lowest BCUT2D eigenvalue weighted by Gasteiger charge is -2.40. The fourth-order valence-electron chi connectivity index (χ4n) is 2.34. The van der Waals surface area contributed by atoms with E-state index in [0.29, 0.717) is 12.6 Å².